The maximum Gasteiger partial charge on any atom is 0.348 e. The van der Waals surface area contributed by atoms with Gasteiger partial charge in [0.1, 0.15) is 24.1 Å². The molecule has 10 nitrogen and oxygen atoms in total. The number of aromatic nitrogens is 3. The predicted octanol–water partition coefficient (Wildman–Crippen LogP) is 4.97. The molecule has 0 aliphatic rings. The van der Waals surface area contributed by atoms with Crippen LogP contribution in [0.3, 0.4) is 0 Å². The summed E-state index contributed by atoms with van der Waals surface area (Å²) < 4.78 is 18.8. The SMILES string of the molecule is CCOc1cc(C(Nc2ccc(C)cc2)c2nn(-c3ccccc3OC)c(=O)[nH]2)ccc1OCC(C)(C)C(=O)N(C)C. The average Bonchev–Trinajstić information content (AvgIpc) is 3.36. The number of aromatic amines is 1. The minimum absolute atomic E-state index is 0.0333. The maximum atomic E-state index is 13.1. The highest BCUT2D eigenvalue weighted by atomic mass is 16.5. The summed E-state index contributed by atoms with van der Waals surface area (Å²) in [4.78, 5) is 30.2. The van der Waals surface area contributed by atoms with Gasteiger partial charge in [-0.05, 0) is 69.7 Å². The molecule has 0 bridgehead atoms. The molecule has 0 saturated heterocycles. The monoisotopic (exact) mass is 573 g/mol. The lowest BCUT2D eigenvalue weighted by molar-refractivity contribution is -0.139. The second-order valence-corrected chi connectivity index (χ2v) is 10.9. The Bertz CT molecular complexity index is 1570. The topological polar surface area (TPSA) is 111 Å². The third-order valence-electron chi connectivity index (χ3n) is 6.76. The van der Waals surface area contributed by atoms with E-state index in [9.17, 15) is 9.59 Å². The first-order valence-electron chi connectivity index (χ1n) is 13.8. The highest BCUT2D eigenvalue weighted by molar-refractivity contribution is 5.81. The summed E-state index contributed by atoms with van der Waals surface area (Å²) in [5, 5.41) is 8.18. The summed E-state index contributed by atoms with van der Waals surface area (Å²) in [6.07, 6.45) is 0. The molecule has 1 atom stereocenters. The van der Waals surface area contributed by atoms with Crippen LogP contribution in [-0.4, -0.2) is 60.0 Å². The van der Waals surface area contributed by atoms with Gasteiger partial charge in [0, 0.05) is 19.8 Å². The van der Waals surface area contributed by atoms with Crippen molar-refractivity contribution in [2.75, 3.05) is 39.7 Å². The van der Waals surface area contributed by atoms with Gasteiger partial charge in [-0.3, -0.25) is 9.78 Å². The Kier molecular flexibility index (Phi) is 9.25. The molecule has 0 aliphatic heterocycles. The Hall–Kier alpha value is -4.73. The van der Waals surface area contributed by atoms with Gasteiger partial charge in [-0.2, -0.15) is 4.68 Å². The number of rotatable bonds is 12. The average molecular weight is 574 g/mol. The lowest BCUT2D eigenvalue weighted by Gasteiger charge is -2.27. The van der Waals surface area contributed by atoms with Crippen LogP contribution in [0, 0.1) is 12.3 Å². The number of carbonyl (C=O) groups excluding carboxylic acids is 1. The first kappa shape index (κ1) is 30.2. The van der Waals surface area contributed by atoms with Crippen LogP contribution >= 0.6 is 0 Å². The smallest absolute Gasteiger partial charge is 0.348 e. The van der Waals surface area contributed by atoms with Gasteiger partial charge < -0.3 is 24.4 Å². The standard InChI is InChI=1S/C32H39N5O5/c1-8-41-27-19-22(15-18-26(27)42-20-32(3,4)30(38)36(5)6)28(33-23-16-13-21(2)14-17-23)29-34-31(39)37(35-29)24-11-9-10-12-25(24)40-7/h9-19,28,33H,8,20H2,1-7H3,(H,34,35,39). The first-order chi connectivity index (χ1) is 20.0. The molecule has 0 aliphatic carbocycles. The number of benzene rings is 3. The van der Waals surface area contributed by atoms with Crippen molar-refractivity contribution in [2.45, 2.75) is 33.7 Å². The molecule has 1 amide bonds. The Morgan fingerprint density at radius 1 is 1.02 bits per heavy atom. The molecule has 1 heterocycles. The number of H-pyrrole nitrogens is 1. The molecule has 0 radical (unpaired) electrons. The van der Waals surface area contributed by atoms with Crippen molar-refractivity contribution in [1.82, 2.24) is 19.7 Å². The third kappa shape index (κ3) is 6.76. The van der Waals surface area contributed by atoms with Crippen molar-refractivity contribution < 1.29 is 19.0 Å². The van der Waals surface area contributed by atoms with E-state index in [2.05, 4.69) is 15.4 Å². The van der Waals surface area contributed by atoms with Crippen molar-refractivity contribution >= 4 is 11.6 Å². The highest BCUT2D eigenvalue weighted by Crippen LogP contribution is 2.35. The van der Waals surface area contributed by atoms with Crippen molar-refractivity contribution in [3.63, 3.8) is 0 Å². The molecule has 0 saturated carbocycles. The third-order valence-corrected chi connectivity index (χ3v) is 6.76. The molecule has 0 fully saturated rings. The van der Waals surface area contributed by atoms with Crippen molar-refractivity contribution in [3.8, 4) is 22.9 Å². The number of hydrogen-bond acceptors (Lipinski definition) is 7. The molecule has 3 aromatic carbocycles. The Balaban J connectivity index is 1.74. The summed E-state index contributed by atoms with van der Waals surface area (Å²) in [5.74, 6) is 1.93. The number of amides is 1. The number of ether oxygens (including phenoxy) is 3. The molecule has 2 N–H and O–H groups in total. The largest absolute Gasteiger partial charge is 0.494 e. The van der Waals surface area contributed by atoms with Gasteiger partial charge in [-0.1, -0.05) is 35.9 Å². The molecule has 222 valence electrons. The molecule has 1 unspecified atom stereocenters. The van der Waals surface area contributed by atoms with Crippen LogP contribution in [0.5, 0.6) is 17.2 Å². The zero-order valence-electron chi connectivity index (χ0n) is 25.2. The fourth-order valence-corrected chi connectivity index (χ4v) is 4.58. The van der Waals surface area contributed by atoms with Crippen molar-refractivity contribution in [3.05, 3.63) is 94.2 Å². The van der Waals surface area contributed by atoms with Gasteiger partial charge in [0.25, 0.3) is 0 Å². The number of carbonyl (C=O) groups is 1. The number of nitrogens with zero attached hydrogens (tertiary/aromatic N) is 3. The van der Waals surface area contributed by atoms with E-state index in [-0.39, 0.29) is 12.5 Å². The van der Waals surface area contributed by atoms with Crippen LogP contribution in [0.1, 0.15) is 43.8 Å². The summed E-state index contributed by atoms with van der Waals surface area (Å²) in [7, 11) is 5.01. The number of hydrogen-bond donors (Lipinski definition) is 2. The molecule has 42 heavy (non-hydrogen) atoms. The lowest BCUT2D eigenvalue weighted by atomic mass is 9.93. The van der Waals surface area contributed by atoms with Gasteiger partial charge in [0.2, 0.25) is 5.91 Å². The number of anilines is 1. The second-order valence-electron chi connectivity index (χ2n) is 10.9. The van der Waals surface area contributed by atoms with E-state index >= 15 is 0 Å². The second kappa shape index (κ2) is 12.8. The van der Waals surface area contributed by atoms with Crippen LogP contribution in [0.15, 0.2) is 71.5 Å². The van der Waals surface area contributed by atoms with E-state index in [1.165, 1.54) is 4.68 Å². The van der Waals surface area contributed by atoms with Gasteiger partial charge in [0.15, 0.2) is 17.3 Å². The molecule has 4 rings (SSSR count). The van der Waals surface area contributed by atoms with E-state index < -0.39 is 17.1 Å². The minimum atomic E-state index is -0.730. The zero-order valence-corrected chi connectivity index (χ0v) is 25.2. The summed E-state index contributed by atoms with van der Waals surface area (Å²) in [6.45, 7) is 8.19. The molecular formula is C32H39N5O5. The van der Waals surface area contributed by atoms with Crippen molar-refractivity contribution in [2.24, 2.45) is 5.41 Å². The Morgan fingerprint density at radius 3 is 2.40 bits per heavy atom. The Morgan fingerprint density at radius 2 is 1.74 bits per heavy atom. The van der Waals surface area contributed by atoms with Gasteiger partial charge in [0.05, 0.1) is 19.1 Å². The Labute approximate surface area is 246 Å². The minimum Gasteiger partial charge on any atom is -0.494 e. The van der Waals surface area contributed by atoms with E-state index in [4.69, 9.17) is 14.2 Å². The number of aryl methyl sites for hydroxylation is 1. The molecule has 0 spiro atoms. The van der Waals surface area contributed by atoms with Gasteiger partial charge >= 0.3 is 5.69 Å². The fraction of sp³-hybridized carbons (Fsp3) is 0.344. The van der Waals surface area contributed by atoms with Crippen LogP contribution in [-0.2, 0) is 4.79 Å². The van der Waals surface area contributed by atoms with Crippen LogP contribution in [0.25, 0.3) is 5.69 Å². The zero-order chi connectivity index (χ0) is 30.4. The first-order valence-corrected chi connectivity index (χ1v) is 13.8. The molecule has 10 heteroatoms. The number of methoxy groups -OCH3 is 1. The summed E-state index contributed by atoms with van der Waals surface area (Å²) in [5.41, 5.74) is 2.16. The predicted molar refractivity (Wildman–Crippen MR) is 163 cm³/mol. The molecule has 1 aromatic heterocycles. The highest BCUT2D eigenvalue weighted by Gasteiger charge is 2.31. The van der Waals surface area contributed by atoms with E-state index in [1.54, 1.807) is 38.2 Å². The van der Waals surface area contributed by atoms with E-state index in [0.717, 1.165) is 16.8 Å². The van der Waals surface area contributed by atoms with Crippen LogP contribution in [0.2, 0.25) is 0 Å². The lowest BCUT2D eigenvalue weighted by Crippen LogP contribution is -2.40. The van der Waals surface area contributed by atoms with Crippen molar-refractivity contribution in [1.29, 1.82) is 0 Å². The maximum absolute atomic E-state index is 13.1. The fourth-order valence-electron chi connectivity index (χ4n) is 4.58. The van der Waals surface area contributed by atoms with E-state index in [1.807, 2.05) is 82.3 Å². The van der Waals surface area contributed by atoms with Crippen LogP contribution < -0.4 is 25.2 Å². The van der Waals surface area contributed by atoms with E-state index in [0.29, 0.717) is 35.4 Å². The quantitative estimate of drug-likeness (QED) is 0.246. The number of nitrogens with one attached hydrogen (secondary N) is 2. The summed E-state index contributed by atoms with van der Waals surface area (Å²) in [6, 6.07) is 20.2. The van der Waals surface area contributed by atoms with Gasteiger partial charge in [-0.25, -0.2) is 4.79 Å². The molecular weight excluding hydrogens is 534 g/mol. The molecule has 4 aromatic rings. The summed E-state index contributed by atoms with van der Waals surface area (Å²) >= 11 is 0. The normalized spacial score (nSPS) is 12.0. The number of para-hydroxylation sites is 2. The van der Waals surface area contributed by atoms with Gasteiger partial charge in [-0.15, -0.1) is 5.10 Å². The van der Waals surface area contributed by atoms with Crippen LogP contribution in [0.4, 0.5) is 5.69 Å².